The largest absolute Gasteiger partial charge is 0.254 e. The molecule has 0 N–H and O–H groups in total. The third-order valence-corrected chi connectivity index (χ3v) is 9.09. The van der Waals surface area contributed by atoms with Gasteiger partial charge in [0.1, 0.15) is 0 Å². The lowest BCUT2D eigenvalue weighted by atomic mass is 9.54. The lowest BCUT2D eigenvalue weighted by Crippen LogP contribution is -2.56. The maximum absolute atomic E-state index is 12.8. The fourth-order valence-electron chi connectivity index (χ4n) is 5.15. The van der Waals surface area contributed by atoms with Crippen molar-refractivity contribution in [3.63, 3.8) is 0 Å². The molecule has 0 amide bonds. The lowest BCUT2D eigenvalue weighted by molar-refractivity contribution is -0.0350. The number of hydrogen-bond donors (Lipinski definition) is 0. The van der Waals surface area contributed by atoms with Crippen LogP contribution in [0.3, 0.4) is 0 Å². The monoisotopic (exact) mass is 346 g/mol. The molecule has 1 aromatic heterocycles. The Morgan fingerprint density at radius 1 is 1.19 bits per heavy atom. The first-order valence-corrected chi connectivity index (χ1v) is 10.2. The second-order valence-corrected chi connectivity index (χ2v) is 10.7. The summed E-state index contributed by atoms with van der Waals surface area (Å²) in [6.45, 7) is 0. The quantitative estimate of drug-likeness (QED) is 0.844. The Kier molecular flexibility index (Phi) is 3.37. The van der Waals surface area contributed by atoms with E-state index >= 15 is 0 Å². The molecule has 0 spiro atoms. The second-order valence-electron chi connectivity index (χ2n) is 6.87. The van der Waals surface area contributed by atoms with Crippen LogP contribution < -0.4 is 0 Å². The van der Waals surface area contributed by atoms with Crippen LogP contribution in [0.4, 0.5) is 0 Å². The van der Waals surface area contributed by atoms with Crippen molar-refractivity contribution in [3.8, 4) is 0 Å². The van der Waals surface area contributed by atoms with E-state index in [2.05, 4.69) is 4.98 Å². The van der Waals surface area contributed by atoms with E-state index in [9.17, 15) is 8.42 Å². The minimum Gasteiger partial charge on any atom is -0.232 e. The molecule has 0 saturated heterocycles. The average Bonchev–Trinajstić information content (AvgIpc) is 2.84. The first-order valence-electron chi connectivity index (χ1n) is 7.54. The van der Waals surface area contributed by atoms with E-state index in [1.165, 1.54) is 38.3 Å². The average molecular weight is 347 g/mol. The highest BCUT2D eigenvalue weighted by molar-refractivity contribution is 7.91. The van der Waals surface area contributed by atoms with Crippen molar-refractivity contribution in [2.24, 2.45) is 23.7 Å². The van der Waals surface area contributed by atoms with E-state index in [0.717, 1.165) is 23.2 Å². The van der Waals surface area contributed by atoms with Gasteiger partial charge in [-0.2, -0.15) is 4.31 Å². The van der Waals surface area contributed by atoms with Gasteiger partial charge < -0.3 is 0 Å². The lowest BCUT2D eigenvalue weighted by Gasteiger charge is -2.56. The van der Waals surface area contributed by atoms with Crippen molar-refractivity contribution < 1.29 is 8.42 Å². The summed E-state index contributed by atoms with van der Waals surface area (Å²) in [5, 5.41) is 0. The van der Waals surface area contributed by atoms with Gasteiger partial charge in [-0.15, -0.1) is 0 Å². The fourth-order valence-corrected chi connectivity index (χ4v) is 8.11. The molecule has 0 aromatic carbocycles. The molecule has 116 valence electrons. The Morgan fingerprint density at radius 2 is 1.76 bits per heavy atom. The SMILES string of the molecule is CN(C1C2CC3CC(C2)CC1C3)S(=O)(=O)c1cnc(Cl)s1. The van der Waals surface area contributed by atoms with Crippen LogP contribution in [0.5, 0.6) is 0 Å². The van der Waals surface area contributed by atoms with Gasteiger partial charge in [-0.3, -0.25) is 0 Å². The zero-order valence-electron chi connectivity index (χ0n) is 11.9. The molecule has 1 aromatic rings. The number of rotatable bonds is 3. The summed E-state index contributed by atoms with van der Waals surface area (Å²) >= 11 is 6.85. The van der Waals surface area contributed by atoms with Crippen molar-refractivity contribution in [1.82, 2.24) is 9.29 Å². The summed E-state index contributed by atoms with van der Waals surface area (Å²) in [6.07, 6.45) is 7.60. The van der Waals surface area contributed by atoms with Crippen molar-refractivity contribution in [2.45, 2.75) is 42.4 Å². The summed E-state index contributed by atoms with van der Waals surface area (Å²) < 4.78 is 27.8. The summed E-state index contributed by atoms with van der Waals surface area (Å²) in [4.78, 5) is 3.88. The van der Waals surface area contributed by atoms with Crippen LogP contribution in [0.2, 0.25) is 4.47 Å². The van der Waals surface area contributed by atoms with Crippen LogP contribution in [0.25, 0.3) is 0 Å². The van der Waals surface area contributed by atoms with Gasteiger partial charge in [-0.05, 0) is 55.8 Å². The molecule has 4 aliphatic rings. The van der Waals surface area contributed by atoms with Crippen LogP contribution in [0.15, 0.2) is 10.4 Å². The Hall–Kier alpha value is -0.170. The highest BCUT2D eigenvalue weighted by Gasteiger charge is 2.51. The Bertz CT molecular complexity index is 630. The number of aromatic nitrogens is 1. The van der Waals surface area contributed by atoms with E-state index < -0.39 is 10.0 Å². The normalized spacial score (nSPS) is 38.3. The maximum atomic E-state index is 12.8. The van der Waals surface area contributed by atoms with E-state index in [1.807, 2.05) is 0 Å². The predicted octanol–water partition coefficient (Wildman–Crippen LogP) is 3.24. The number of hydrogen-bond acceptors (Lipinski definition) is 4. The van der Waals surface area contributed by atoms with Crippen molar-refractivity contribution in [2.75, 3.05) is 7.05 Å². The van der Waals surface area contributed by atoms with E-state index in [1.54, 1.807) is 11.4 Å². The Morgan fingerprint density at radius 3 is 2.24 bits per heavy atom. The summed E-state index contributed by atoms with van der Waals surface area (Å²) in [7, 11) is -1.71. The predicted molar refractivity (Wildman–Crippen MR) is 82.9 cm³/mol. The van der Waals surface area contributed by atoms with Crippen LogP contribution >= 0.6 is 22.9 Å². The molecule has 0 aliphatic heterocycles. The summed E-state index contributed by atoms with van der Waals surface area (Å²) in [6, 6.07) is 0.170. The first kappa shape index (κ1) is 14.4. The number of halogens is 1. The molecule has 4 aliphatic carbocycles. The molecule has 0 radical (unpaired) electrons. The molecular formula is C14H19ClN2O2S2. The van der Waals surface area contributed by atoms with Gasteiger partial charge in [-0.1, -0.05) is 22.9 Å². The van der Waals surface area contributed by atoms with Gasteiger partial charge in [0.2, 0.25) is 0 Å². The van der Waals surface area contributed by atoms with Crippen LogP contribution in [-0.4, -0.2) is 30.8 Å². The van der Waals surface area contributed by atoms with E-state index in [4.69, 9.17) is 11.6 Å². The first-order chi connectivity index (χ1) is 9.95. The molecule has 4 nitrogen and oxygen atoms in total. The van der Waals surface area contributed by atoms with E-state index in [-0.39, 0.29) is 14.7 Å². The van der Waals surface area contributed by atoms with Crippen LogP contribution in [-0.2, 0) is 10.0 Å². The third kappa shape index (κ3) is 2.26. The maximum Gasteiger partial charge on any atom is 0.254 e. The number of sulfonamides is 1. The van der Waals surface area contributed by atoms with E-state index in [0.29, 0.717) is 11.8 Å². The molecule has 21 heavy (non-hydrogen) atoms. The second kappa shape index (κ2) is 4.91. The highest BCUT2D eigenvalue weighted by atomic mass is 35.5. The molecule has 5 rings (SSSR count). The molecular weight excluding hydrogens is 328 g/mol. The third-order valence-electron chi connectivity index (χ3n) is 5.69. The van der Waals surface area contributed by atoms with Crippen LogP contribution in [0, 0.1) is 23.7 Å². The molecule has 4 saturated carbocycles. The fraction of sp³-hybridized carbons (Fsp3) is 0.786. The van der Waals surface area contributed by atoms with Crippen LogP contribution in [0.1, 0.15) is 32.1 Å². The highest BCUT2D eigenvalue weighted by Crippen LogP contribution is 2.55. The minimum absolute atomic E-state index is 0.170. The van der Waals surface area contributed by atoms with Crippen molar-refractivity contribution >= 4 is 33.0 Å². The number of nitrogens with zero attached hydrogens (tertiary/aromatic N) is 2. The zero-order chi connectivity index (χ0) is 14.8. The van der Waals surface area contributed by atoms with Gasteiger partial charge in [-0.25, -0.2) is 13.4 Å². The molecule has 7 heteroatoms. The standard InChI is InChI=1S/C14H19ClN2O2S2/c1-17(21(18,19)12-7-16-14(15)20-12)13-10-3-8-2-9(5-10)6-11(13)4-8/h7-11,13H,2-6H2,1H3. The molecule has 4 fully saturated rings. The van der Waals surface area contributed by atoms with Gasteiger partial charge in [0.25, 0.3) is 10.0 Å². The van der Waals surface area contributed by atoms with Crippen molar-refractivity contribution in [1.29, 1.82) is 0 Å². The van der Waals surface area contributed by atoms with Gasteiger partial charge in [0.05, 0.1) is 6.20 Å². The zero-order valence-corrected chi connectivity index (χ0v) is 14.3. The topological polar surface area (TPSA) is 50.3 Å². The van der Waals surface area contributed by atoms with Gasteiger partial charge in [0, 0.05) is 13.1 Å². The molecule has 1 heterocycles. The van der Waals surface area contributed by atoms with Gasteiger partial charge >= 0.3 is 0 Å². The Labute approximate surface area is 134 Å². The van der Waals surface area contributed by atoms with Crippen molar-refractivity contribution in [3.05, 3.63) is 10.7 Å². The minimum atomic E-state index is -3.46. The summed E-state index contributed by atoms with van der Waals surface area (Å²) in [5.74, 6) is 2.78. The Balaban J connectivity index is 1.64. The smallest absolute Gasteiger partial charge is 0.232 e. The molecule has 0 atom stereocenters. The summed E-state index contributed by atoms with van der Waals surface area (Å²) in [5.41, 5.74) is 0. The van der Waals surface area contributed by atoms with Gasteiger partial charge in [0.15, 0.2) is 8.68 Å². The molecule has 0 unspecified atom stereocenters. The molecule has 4 bridgehead atoms. The number of thiazole rings is 1.